The molecule has 1 rings (SSSR count). The van der Waals surface area contributed by atoms with E-state index in [1.807, 2.05) is 13.8 Å². The Kier molecular flexibility index (Phi) is 5.89. The maximum atomic E-state index is 11.7. The minimum Gasteiger partial charge on any atom is -0.480 e. The van der Waals surface area contributed by atoms with Crippen LogP contribution in [0.25, 0.3) is 0 Å². The van der Waals surface area contributed by atoms with E-state index in [0.29, 0.717) is 12.2 Å². The standard InChI is InChI=1S/C13H19N3O5/c1-7(2)4-9(13(19)20)16-10(17)5-14-12(18)11-8(3)21-6-15-11/h6-7,9H,4-5H2,1-3H3,(H,14,18)(H,16,17)(H,19,20)/t9-/m0/s1. The van der Waals surface area contributed by atoms with Crippen molar-refractivity contribution in [3.05, 3.63) is 17.8 Å². The van der Waals surface area contributed by atoms with Crippen LogP contribution < -0.4 is 10.6 Å². The van der Waals surface area contributed by atoms with Crippen molar-refractivity contribution in [1.29, 1.82) is 0 Å². The molecule has 0 saturated heterocycles. The highest BCUT2D eigenvalue weighted by Gasteiger charge is 2.21. The van der Waals surface area contributed by atoms with E-state index in [1.54, 1.807) is 6.92 Å². The lowest BCUT2D eigenvalue weighted by molar-refractivity contribution is -0.142. The summed E-state index contributed by atoms with van der Waals surface area (Å²) in [5.41, 5.74) is 0.0970. The zero-order valence-electron chi connectivity index (χ0n) is 12.2. The molecule has 0 aliphatic carbocycles. The topological polar surface area (TPSA) is 122 Å². The highest BCUT2D eigenvalue weighted by atomic mass is 16.4. The molecule has 0 fully saturated rings. The fraction of sp³-hybridized carbons (Fsp3) is 0.538. The van der Waals surface area contributed by atoms with Crippen molar-refractivity contribution in [2.75, 3.05) is 6.54 Å². The predicted molar refractivity (Wildman–Crippen MR) is 72.6 cm³/mol. The normalized spacial score (nSPS) is 12.0. The van der Waals surface area contributed by atoms with Gasteiger partial charge in [-0.2, -0.15) is 0 Å². The number of nitrogens with zero attached hydrogens (tertiary/aromatic N) is 1. The summed E-state index contributed by atoms with van der Waals surface area (Å²) in [6.07, 6.45) is 1.45. The van der Waals surface area contributed by atoms with Crippen molar-refractivity contribution in [3.8, 4) is 0 Å². The number of oxazole rings is 1. The number of aromatic nitrogens is 1. The van der Waals surface area contributed by atoms with E-state index in [2.05, 4.69) is 15.6 Å². The smallest absolute Gasteiger partial charge is 0.326 e. The first-order valence-corrected chi connectivity index (χ1v) is 6.51. The van der Waals surface area contributed by atoms with Gasteiger partial charge in [-0.05, 0) is 19.3 Å². The van der Waals surface area contributed by atoms with Crippen molar-refractivity contribution in [2.45, 2.75) is 33.2 Å². The van der Waals surface area contributed by atoms with Crippen molar-refractivity contribution in [2.24, 2.45) is 5.92 Å². The molecule has 0 unspecified atom stereocenters. The molecule has 1 atom stereocenters. The van der Waals surface area contributed by atoms with E-state index < -0.39 is 23.8 Å². The van der Waals surface area contributed by atoms with Gasteiger partial charge in [-0.25, -0.2) is 9.78 Å². The Balaban J connectivity index is 2.48. The van der Waals surface area contributed by atoms with Gasteiger partial charge in [-0.1, -0.05) is 13.8 Å². The molecule has 1 aromatic heterocycles. The first kappa shape index (κ1) is 16.7. The lowest BCUT2D eigenvalue weighted by atomic mass is 10.0. The van der Waals surface area contributed by atoms with Gasteiger partial charge in [0, 0.05) is 0 Å². The first-order valence-electron chi connectivity index (χ1n) is 6.51. The van der Waals surface area contributed by atoms with Gasteiger partial charge < -0.3 is 20.2 Å². The van der Waals surface area contributed by atoms with Crippen LogP contribution in [-0.2, 0) is 9.59 Å². The van der Waals surface area contributed by atoms with Crippen LogP contribution in [0.5, 0.6) is 0 Å². The molecular formula is C13H19N3O5. The van der Waals surface area contributed by atoms with Gasteiger partial charge >= 0.3 is 5.97 Å². The Bertz CT molecular complexity index is 524. The number of aryl methyl sites for hydroxylation is 1. The molecule has 8 heteroatoms. The van der Waals surface area contributed by atoms with Crippen LogP contribution in [0.3, 0.4) is 0 Å². The summed E-state index contributed by atoms with van der Waals surface area (Å²) in [6, 6.07) is -0.969. The van der Waals surface area contributed by atoms with E-state index in [4.69, 9.17) is 9.52 Å². The van der Waals surface area contributed by atoms with Crippen molar-refractivity contribution in [1.82, 2.24) is 15.6 Å². The number of carbonyl (C=O) groups excluding carboxylic acids is 2. The third-order valence-corrected chi connectivity index (χ3v) is 2.71. The van der Waals surface area contributed by atoms with E-state index in [1.165, 1.54) is 0 Å². The summed E-state index contributed by atoms with van der Waals surface area (Å²) in [5, 5.41) is 13.7. The second kappa shape index (κ2) is 7.41. The molecule has 0 bridgehead atoms. The summed E-state index contributed by atoms with van der Waals surface area (Å²) in [6.45, 7) is 4.96. The van der Waals surface area contributed by atoms with E-state index >= 15 is 0 Å². The minimum atomic E-state index is -1.10. The van der Waals surface area contributed by atoms with Gasteiger partial charge in [0.15, 0.2) is 12.1 Å². The Hall–Kier alpha value is -2.38. The van der Waals surface area contributed by atoms with E-state index in [-0.39, 0.29) is 18.2 Å². The minimum absolute atomic E-state index is 0.0970. The molecule has 21 heavy (non-hydrogen) atoms. The van der Waals surface area contributed by atoms with Crippen LogP contribution in [0, 0.1) is 12.8 Å². The lowest BCUT2D eigenvalue weighted by Gasteiger charge is -2.16. The van der Waals surface area contributed by atoms with Crippen LogP contribution in [0.2, 0.25) is 0 Å². The molecule has 0 spiro atoms. The molecule has 1 heterocycles. The van der Waals surface area contributed by atoms with E-state index in [0.717, 1.165) is 6.39 Å². The first-order chi connectivity index (χ1) is 9.81. The molecule has 3 N–H and O–H groups in total. The number of amides is 2. The van der Waals surface area contributed by atoms with Gasteiger partial charge in [0.25, 0.3) is 5.91 Å². The molecular weight excluding hydrogens is 278 g/mol. The second-order valence-electron chi connectivity index (χ2n) is 5.03. The van der Waals surface area contributed by atoms with Crippen LogP contribution in [-0.4, -0.2) is 40.5 Å². The molecule has 8 nitrogen and oxygen atoms in total. The number of rotatable bonds is 7. The number of nitrogens with one attached hydrogen (secondary N) is 2. The molecule has 0 radical (unpaired) electrons. The summed E-state index contributed by atoms with van der Waals surface area (Å²) in [4.78, 5) is 38.1. The van der Waals surface area contributed by atoms with Gasteiger partial charge in [0.2, 0.25) is 5.91 Å². The summed E-state index contributed by atoms with van der Waals surface area (Å²) < 4.78 is 4.88. The van der Waals surface area contributed by atoms with Gasteiger partial charge in [-0.3, -0.25) is 9.59 Å². The number of carboxylic acids is 1. The third-order valence-electron chi connectivity index (χ3n) is 2.71. The maximum absolute atomic E-state index is 11.7. The fourth-order valence-electron chi connectivity index (χ4n) is 1.71. The SMILES string of the molecule is Cc1ocnc1C(=O)NCC(=O)N[C@@H](CC(C)C)C(=O)O. The molecule has 0 aromatic carbocycles. The van der Waals surface area contributed by atoms with Crippen molar-refractivity contribution in [3.63, 3.8) is 0 Å². The van der Waals surface area contributed by atoms with Crippen molar-refractivity contribution >= 4 is 17.8 Å². The third kappa shape index (κ3) is 5.25. The summed E-state index contributed by atoms with van der Waals surface area (Å²) >= 11 is 0. The van der Waals surface area contributed by atoms with E-state index in [9.17, 15) is 14.4 Å². The van der Waals surface area contributed by atoms with Gasteiger partial charge in [-0.15, -0.1) is 0 Å². The van der Waals surface area contributed by atoms with Gasteiger partial charge in [0.05, 0.1) is 6.54 Å². The number of hydrogen-bond donors (Lipinski definition) is 3. The highest BCUT2D eigenvalue weighted by molar-refractivity contribution is 5.96. The van der Waals surface area contributed by atoms with Gasteiger partial charge in [0.1, 0.15) is 11.8 Å². The largest absolute Gasteiger partial charge is 0.480 e. The number of hydrogen-bond acceptors (Lipinski definition) is 5. The molecule has 2 amide bonds. The van der Waals surface area contributed by atoms with Crippen LogP contribution >= 0.6 is 0 Å². The monoisotopic (exact) mass is 297 g/mol. The quantitative estimate of drug-likeness (QED) is 0.666. The predicted octanol–water partition coefficient (Wildman–Crippen LogP) is 0.328. The van der Waals surface area contributed by atoms with Crippen molar-refractivity contribution < 1.29 is 23.9 Å². The summed E-state index contributed by atoms with van der Waals surface area (Å²) in [5.74, 6) is -1.75. The fourth-order valence-corrected chi connectivity index (χ4v) is 1.71. The molecule has 1 aromatic rings. The van der Waals surface area contributed by atoms with Crippen LogP contribution in [0.15, 0.2) is 10.8 Å². The highest BCUT2D eigenvalue weighted by Crippen LogP contribution is 2.05. The Labute approximate surface area is 121 Å². The summed E-state index contributed by atoms with van der Waals surface area (Å²) in [7, 11) is 0. The molecule has 0 saturated carbocycles. The second-order valence-corrected chi connectivity index (χ2v) is 5.03. The lowest BCUT2D eigenvalue weighted by Crippen LogP contribution is -2.46. The zero-order chi connectivity index (χ0) is 16.0. The number of carbonyl (C=O) groups is 3. The zero-order valence-corrected chi connectivity index (χ0v) is 12.2. The average Bonchev–Trinajstić information content (AvgIpc) is 2.81. The molecule has 0 aliphatic heterocycles. The van der Waals surface area contributed by atoms with Crippen LogP contribution in [0.1, 0.15) is 36.5 Å². The van der Waals surface area contributed by atoms with Crippen LogP contribution in [0.4, 0.5) is 0 Å². The Morgan fingerprint density at radius 2 is 2.05 bits per heavy atom. The Morgan fingerprint density at radius 3 is 2.52 bits per heavy atom. The number of aliphatic carboxylic acids is 1. The molecule has 0 aliphatic rings. The maximum Gasteiger partial charge on any atom is 0.326 e. The average molecular weight is 297 g/mol. The number of carboxylic acid groups (broad SMARTS) is 1. The molecule has 116 valence electrons. The Morgan fingerprint density at radius 1 is 1.38 bits per heavy atom.